The molecule has 0 heterocycles. The summed E-state index contributed by atoms with van der Waals surface area (Å²) in [4.78, 5) is 0. The van der Waals surface area contributed by atoms with E-state index in [0.717, 1.165) is 0 Å². The van der Waals surface area contributed by atoms with E-state index in [4.69, 9.17) is 0 Å². The maximum absolute atomic E-state index is 2.08. The Morgan fingerprint density at radius 1 is 1.11 bits per heavy atom. The predicted octanol–water partition coefficient (Wildman–Crippen LogP) is 3.08. The summed E-state index contributed by atoms with van der Waals surface area (Å²) in [5.74, 6) is 0. The van der Waals surface area contributed by atoms with Crippen LogP contribution in [0, 0.1) is 0 Å². The molecule has 0 saturated carbocycles. The molecule has 0 bridgehead atoms. The van der Waals surface area contributed by atoms with E-state index in [2.05, 4.69) is 19.1 Å². The van der Waals surface area contributed by atoms with Gasteiger partial charge >= 0.3 is 0 Å². The van der Waals surface area contributed by atoms with Crippen LogP contribution in [0.25, 0.3) is 0 Å². The van der Waals surface area contributed by atoms with Crippen LogP contribution in [-0.4, -0.2) is 0 Å². The molecule has 0 aromatic rings. The van der Waals surface area contributed by atoms with E-state index in [9.17, 15) is 0 Å². The molecule has 0 spiro atoms. The van der Waals surface area contributed by atoms with E-state index in [1.165, 1.54) is 5.57 Å². The third kappa shape index (κ3) is 5.09. The van der Waals surface area contributed by atoms with Crippen molar-refractivity contribution in [2.45, 2.75) is 20.8 Å². The number of hydrogen-bond acceptors (Lipinski definition) is 0. The summed E-state index contributed by atoms with van der Waals surface area (Å²) in [5, 5.41) is 0. The number of allylic oxidation sites excluding steroid dienone is 6. The topological polar surface area (TPSA) is 0 Å². The molecule has 0 aromatic heterocycles. The SMILES string of the molecule is CC=CC=CC(C)=CC. The molecule has 0 nitrogen and oxygen atoms in total. The minimum absolute atomic E-state index is 1.30. The van der Waals surface area contributed by atoms with Gasteiger partial charge in [-0.1, -0.05) is 36.0 Å². The first kappa shape index (κ1) is 8.22. The zero-order chi connectivity index (χ0) is 7.11. The molecule has 0 amide bonds. The molecule has 50 valence electrons. The lowest BCUT2D eigenvalue weighted by molar-refractivity contribution is 1.48. The summed E-state index contributed by atoms with van der Waals surface area (Å²) in [7, 11) is 0. The van der Waals surface area contributed by atoms with Gasteiger partial charge in [0.15, 0.2) is 0 Å². The summed E-state index contributed by atoms with van der Waals surface area (Å²) in [5.41, 5.74) is 1.30. The maximum atomic E-state index is 2.08. The molecule has 0 atom stereocenters. The summed E-state index contributed by atoms with van der Waals surface area (Å²) >= 11 is 0. The van der Waals surface area contributed by atoms with Gasteiger partial charge in [0.2, 0.25) is 0 Å². The molecule has 0 aromatic carbocycles. The Hall–Kier alpha value is -0.780. The van der Waals surface area contributed by atoms with E-state index >= 15 is 0 Å². The van der Waals surface area contributed by atoms with Crippen LogP contribution >= 0.6 is 0 Å². The highest BCUT2D eigenvalue weighted by atomic mass is 13.8. The summed E-state index contributed by atoms with van der Waals surface area (Å²) in [6.45, 7) is 6.13. The van der Waals surface area contributed by atoms with Crippen molar-refractivity contribution < 1.29 is 0 Å². The van der Waals surface area contributed by atoms with Crippen LogP contribution in [0.1, 0.15) is 20.8 Å². The fourth-order valence-corrected chi connectivity index (χ4v) is 0.415. The average molecular weight is 122 g/mol. The van der Waals surface area contributed by atoms with Crippen LogP contribution < -0.4 is 0 Å². The van der Waals surface area contributed by atoms with Gasteiger partial charge in [-0.3, -0.25) is 0 Å². The minimum atomic E-state index is 1.30. The third-order valence-corrected chi connectivity index (χ3v) is 1.12. The Bertz CT molecular complexity index is 136. The number of hydrogen-bond donors (Lipinski definition) is 0. The predicted molar refractivity (Wildman–Crippen MR) is 43.4 cm³/mol. The summed E-state index contributed by atoms with van der Waals surface area (Å²) < 4.78 is 0. The fourth-order valence-electron chi connectivity index (χ4n) is 0.415. The van der Waals surface area contributed by atoms with Crippen molar-refractivity contribution in [3.8, 4) is 0 Å². The van der Waals surface area contributed by atoms with Crippen LogP contribution in [0.5, 0.6) is 0 Å². The van der Waals surface area contributed by atoms with Gasteiger partial charge in [-0.2, -0.15) is 0 Å². The molecule has 0 fully saturated rings. The molecule has 0 aliphatic carbocycles. The first-order valence-electron chi connectivity index (χ1n) is 3.23. The normalized spacial score (nSPS) is 13.9. The van der Waals surface area contributed by atoms with Crippen LogP contribution in [0.4, 0.5) is 0 Å². The van der Waals surface area contributed by atoms with Crippen molar-refractivity contribution in [3.05, 3.63) is 36.0 Å². The molecule has 0 N–H and O–H groups in total. The second-order valence-corrected chi connectivity index (χ2v) is 1.92. The van der Waals surface area contributed by atoms with E-state index < -0.39 is 0 Å². The maximum Gasteiger partial charge on any atom is -0.0401 e. The Morgan fingerprint density at radius 2 is 1.78 bits per heavy atom. The van der Waals surface area contributed by atoms with Crippen molar-refractivity contribution in [1.29, 1.82) is 0 Å². The highest BCUT2D eigenvalue weighted by Gasteiger charge is 1.71. The molecule has 0 unspecified atom stereocenters. The van der Waals surface area contributed by atoms with Crippen LogP contribution in [0.15, 0.2) is 36.0 Å². The first-order chi connectivity index (χ1) is 4.31. The lowest BCUT2D eigenvalue weighted by atomic mass is 10.2. The standard InChI is InChI=1S/C9H14/c1-4-6-7-8-9(3)5-2/h4-8H,1-3H3. The van der Waals surface area contributed by atoms with Gasteiger partial charge in [-0.25, -0.2) is 0 Å². The van der Waals surface area contributed by atoms with Crippen molar-refractivity contribution >= 4 is 0 Å². The quantitative estimate of drug-likeness (QED) is 0.494. The molecular weight excluding hydrogens is 108 g/mol. The van der Waals surface area contributed by atoms with E-state index in [1.54, 1.807) is 0 Å². The van der Waals surface area contributed by atoms with Crippen molar-refractivity contribution in [2.24, 2.45) is 0 Å². The van der Waals surface area contributed by atoms with Gasteiger partial charge in [0.05, 0.1) is 0 Å². The van der Waals surface area contributed by atoms with Crippen LogP contribution in [0.3, 0.4) is 0 Å². The van der Waals surface area contributed by atoms with Crippen LogP contribution in [0.2, 0.25) is 0 Å². The Balaban J connectivity index is 3.71. The van der Waals surface area contributed by atoms with Gasteiger partial charge in [-0.15, -0.1) is 0 Å². The van der Waals surface area contributed by atoms with Gasteiger partial charge in [0.1, 0.15) is 0 Å². The zero-order valence-electron chi connectivity index (χ0n) is 6.39. The summed E-state index contributed by atoms with van der Waals surface area (Å²) in [6, 6.07) is 0. The van der Waals surface area contributed by atoms with E-state index in [-0.39, 0.29) is 0 Å². The van der Waals surface area contributed by atoms with Gasteiger partial charge in [-0.05, 0) is 20.8 Å². The molecule has 0 saturated heterocycles. The first-order valence-corrected chi connectivity index (χ1v) is 3.23. The van der Waals surface area contributed by atoms with Gasteiger partial charge < -0.3 is 0 Å². The van der Waals surface area contributed by atoms with Crippen molar-refractivity contribution in [2.75, 3.05) is 0 Å². The number of rotatable bonds is 2. The molecule has 0 aliphatic heterocycles. The Morgan fingerprint density at radius 3 is 2.22 bits per heavy atom. The van der Waals surface area contributed by atoms with E-state index in [1.807, 2.05) is 32.1 Å². The van der Waals surface area contributed by atoms with Crippen molar-refractivity contribution in [1.82, 2.24) is 0 Å². The molecule has 0 radical (unpaired) electrons. The largest absolute Gasteiger partial charge is 0.0877 e. The molecular formula is C9H14. The van der Waals surface area contributed by atoms with Gasteiger partial charge in [0, 0.05) is 0 Å². The monoisotopic (exact) mass is 122 g/mol. The van der Waals surface area contributed by atoms with Crippen molar-refractivity contribution in [3.63, 3.8) is 0 Å². The highest BCUT2D eigenvalue weighted by Crippen LogP contribution is 1.92. The Kier molecular flexibility index (Phi) is 4.89. The molecule has 0 heteroatoms. The fraction of sp³-hybridized carbons (Fsp3) is 0.333. The lowest BCUT2D eigenvalue weighted by Crippen LogP contribution is -1.61. The molecule has 0 aliphatic rings. The third-order valence-electron chi connectivity index (χ3n) is 1.12. The second kappa shape index (κ2) is 5.36. The second-order valence-electron chi connectivity index (χ2n) is 1.92. The van der Waals surface area contributed by atoms with Crippen LogP contribution in [-0.2, 0) is 0 Å². The lowest BCUT2D eigenvalue weighted by Gasteiger charge is -1.82. The smallest absolute Gasteiger partial charge is 0.0401 e. The molecule has 9 heavy (non-hydrogen) atoms. The summed E-state index contributed by atoms with van der Waals surface area (Å²) in [6.07, 6.45) is 10.2. The Labute approximate surface area is 57.6 Å². The zero-order valence-corrected chi connectivity index (χ0v) is 6.39. The molecule has 0 rings (SSSR count). The minimum Gasteiger partial charge on any atom is -0.0877 e. The van der Waals surface area contributed by atoms with Gasteiger partial charge in [0.25, 0.3) is 0 Å². The highest BCUT2D eigenvalue weighted by molar-refractivity contribution is 5.18. The van der Waals surface area contributed by atoms with E-state index in [0.29, 0.717) is 0 Å². The average Bonchev–Trinajstić information content (AvgIpc) is 1.89.